The van der Waals surface area contributed by atoms with Gasteiger partial charge in [0, 0.05) is 41.5 Å². The van der Waals surface area contributed by atoms with Crippen molar-refractivity contribution in [2.24, 2.45) is 10.1 Å². The summed E-state index contributed by atoms with van der Waals surface area (Å²) in [6.07, 6.45) is 0.593. The van der Waals surface area contributed by atoms with Crippen LogP contribution in [-0.4, -0.2) is 42.2 Å². The molecule has 0 bridgehead atoms. The van der Waals surface area contributed by atoms with E-state index in [4.69, 9.17) is 36.7 Å². The number of aliphatic hydroxyl groups is 1. The van der Waals surface area contributed by atoms with E-state index in [0.29, 0.717) is 53.8 Å². The second kappa shape index (κ2) is 15.9. The molecule has 0 fully saturated rings. The quantitative estimate of drug-likeness (QED) is 0.0462. The number of benzene rings is 4. The molecule has 236 valence electrons. The summed E-state index contributed by atoms with van der Waals surface area (Å²) < 4.78 is 12.3. The van der Waals surface area contributed by atoms with Crippen molar-refractivity contribution in [3.63, 3.8) is 0 Å². The summed E-state index contributed by atoms with van der Waals surface area (Å²) in [5.74, 6) is 0.581. The predicted octanol–water partition coefficient (Wildman–Crippen LogP) is 6.27. The second-order valence-corrected chi connectivity index (χ2v) is 11.2. The first-order chi connectivity index (χ1) is 22.5. The first-order valence-corrected chi connectivity index (χ1v) is 15.4. The number of halogens is 1. The van der Waals surface area contributed by atoms with E-state index in [1.165, 1.54) is 0 Å². The van der Waals surface area contributed by atoms with Crippen LogP contribution in [0.1, 0.15) is 40.3 Å². The third kappa shape index (κ3) is 8.04. The Balaban J connectivity index is 1.50. The molecule has 2 atom stereocenters. The number of hydrazine groups is 1. The highest BCUT2D eigenvalue weighted by molar-refractivity contribution is 6.30. The van der Waals surface area contributed by atoms with Crippen molar-refractivity contribution < 1.29 is 19.4 Å². The average Bonchev–Trinajstić information content (AvgIpc) is 3.47. The van der Waals surface area contributed by atoms with Crippen LogP contribution < -0.4 is 15.6 Å². The molecule has 3 N–H and O–H groups in total. The van der Waals surface area contributed by atoms with E-state index in [9.17, 15) is 4.79 Å². The molecule has 1 amide bonds. The molecule has 0 saturated heterocycles. The monoisotopic (exact) mass is 638 g/mol. The number of hydrogen-bond donors (Lipinski definition) is 3. The maximum atomic E-state index is 14.4. The Morgan fingerprint density at radius 2 is 1.74 bits per heavy atom. The summed E-state index contributed by atoms with van der Waals surface area (Å²) in [6, 6.07) is 32.0. The molecule has 0 aromatic heterocycles. The zero-order chi connectivity index (χ0) is 32.2. The molecule has 46 heavy (non-hydrogen) atoms. The number of amides is 1. The van der Waals surface area contributed by atoms with Crippen LogP contribution in [0.4, 0.5) is 0 Å². The normalized spacial score (nSPS) is 17.0. The number of rotatable bonds is 15. The van der Waals surface area contributed by atoms with Crippen molar-refractivity contribution in [3.05, 3.63) is 146 Å². The Hall–Kier alpha value is -4.86. The van der Waals surface area contributed by atoms with Gasteiger partial charge in [0.25, 0.3) is 5.91 Å². The van der Waals surface area contributed by atoms with Crippen LogP contribution >= 0.6 is 11.6 Å². The highest BCUT2D eigenvalue weighted by Gasteiger charge is 2.53. The van der Waals surface area contributed by atoms with Crippen molar-refractivity contribution >= 4 is 23.4 Å². The molecule has 0 spiro atoms. The summed E-state index contributed by atoms with van der Waals surface area (Å²) in [4.78, 5) is 22.4. The lowest BCUT2D eigenvalue weighted by molar-refractivity contribution is -0.130. The van der Waals surface area contributed by atoms with Gasteiger partial charge in [-0.05, 0) is 70.6 Å². The highest BCUT2D eigenvalue weighted by Crippen LogP contribution is 2.43. The second-order valence-electron chi connectivity index (χ2n) is 10.8. The van der Waals surface area contributed by atoms with Gasteiger partial charge < -0.3 is 14.6 Å². The summed E-state index contributed by atoms with van der Waals surface area (Å²) >= 11 is 6.03. The van der Waals surface area contributed by atoms with E-state index in [0.717, 1.165) is 16.7 Å². The van der Waals surface area contributed by atoms with Gasteiger partial charge in [0.2, 0.25) is 5.90 Å². The number of nitrogens with zero attached hydrogens (tertiary/aromatic N) is 4. The lowest BCUT2D eigenvalue weighted by atomic mass is 9.81. The van der Waals surface area contributed by atoms with Gasteiger partial charge in [0.05, 0.1) is 13.2 Å². The summed E-state index contributed by atoms with van der Waals surface area (Å²) in [6.45, 7) is 1.00. The molecular weight excluding hydrogens is 604 g/mol. The number of hydrogen-bond acceptors (Lipinski definition) is 7. The Labute approximate surface area is 272 Å². The Kier molecular flexibility index (Phi) is 11.3. The number of aliphatic imine (C=N–C) groups is 1. The summed E-state index contributed by atoms with van der Waals surface area (Å²) in [7, 11) is 0. The minimum atomic E-state index is -1.42. The fourth-order valence-electron chi connectivity index (χ4n) is 5.32. The molecule has 1 heterocycles. The zero-order valence-corrected chi connectivity index (χ0v) is 25.9. The fourth-order valence-corrected chi connectivity index (χ4v) is 5.44. The Morgan fingerprint density at radius 3 is 2.48 bits per heavy atom. The van der Waals surface area contributed by atoms with E-state index in [1.54, 1.807) is 12.1 Å². The number of carbonyl (C=O) groups is 1. The van der Waals surface area contributed by atoms with Gasteiger partial charge >= 0.3 is 0 Å². The van der Waals surface area contributed by atoms with Gasteiger partial charge in [-0.3, -0.25) is 10.2 Å². The third-order valence-corrected chi connectivity index (χ3v) is 7.89. The van der Waals surface area contributed by atoms with Crippen molar-refractivity contribution in [1.29, 1.82) is 0 Å². The van der Waals surface area contributed by atoms with Crippen molar-refractivity contribution in [2.45, 2.75) is 37.5 Å². The van der Waals surface area contributed by atoms with E-state index < -0.39 is 11.6 Å². The molecule has 1 aliphatic heterocycles. The van der Waals surface area contributed by atoms with Crippen molar-refractivity contribution in [2.75, 3.05) is 19.8 Å². The molecule has 0 aliphatic carbocycles. The van der Waals surface area contributed by atoms with Crippen LogP contribution in [0.25, 0.3) is 10.4 Å². The maximum Gasteiger partial charge on any atom is 0.266 e. The van der Waals surface area contributed by atoms with Gasteiger partial charge in [-0.15, -0.1) is 0 Å². The molecule has 10 nitrogen and oxygen atoms in total. The molecule has 11 heteroatoms. The van der Waals surface area contributed by atoms with Crippen molar-refractivity contribution in [3.8, 4) is 5.75 Å². The van der Waals surface area contributed by atoms with E-state index in [-0.39, 0.29) is 25.5 Å². The van der Waals surface area contributed by atoms with Gasteiger partial charge in [-0.25, -0.2) is 10.4 Å². The molecule has 5 rings (SSSR count). The fraction of sp³-hybridized carbons (Fsp3) is 0.257. The van der Waals surface area contributed by atoms with E-state index in [1.807, 2.05) is 91.0 Å². The van der Waals surface area contributed by atoms with Crippen LogP contribution in [0.2, 0.25) is 5.02 Å². The van der Waals surface area contributed by atoms with E-state index in [2.05, 4.69) is 20.9 Å². The first kappa shape index (κ1) is 32.5. The Bertz CT molecular complexity index is 1680. The highest BCUT2D eigenvalue weighted by atomic mass is 35.5. The molecule has 4 aromatic rings. The number of ether oxygens (including phenoxy) is 2. The van der Waals surface area contributed by atoms with Crippen molar-refractivity contribution in [1.82, 2.24) is 10.9 Å². The lowest BCUT2D eigenvalue weighted by Crippen LogP contribution is -2.54. The molecule has 1 aliphatic rings. The molecule has 0 saturated carbocycles. The topological polar surface area (TPSA) is 141 Å². The van der Waals surface area contributed by atoms with E-state index >= 15 is 0 Å². The molecule has 4 aromatic carbocycles. The summed E-state index contributed by atoms with van der Waals surface area (Å²) in [5, 5.41) is 13.5. The largest absolute Gasteiger partial charge is 0.494 e. The van der Waals surface area contributed by atoms with Gasteiger partial charge in [0.15, 0.2) is 11.6 Å². The minimum absolute atomic E-state index is 0.0484. The predicted molar refractivity (Wildman–Crippen MR) is 177 cm³/mol. The lowest BCUT2D eigenvalue weighted by Gasteiger charge is -2.31. The van der Waals surface area contributed by atoms with Crippen LogP contribution in [-0.2, 0) is 28.9 Å². The standard InChI is InChI=1S/C35H35ClN6O4/c36-29-15-11-25(12-16-29)19-20-38-41-34(44)35(23-26-7-2-1-3-8-26)32(31-10-5-4-9-28(31)24-39-42-37)46-33(40-35)27-13-17-30(18-14-27)45-22-6-21-43/h1-5,7-18,32,38,43H,6,19-24H2,(H,41,44)/t32-,35-/m0/s1. The van der Waals surface area contributed by atoms with Crippen LogP contribution in [0.3, 0.4) is 0 Å². The third-order valence-electron chi connectivity index (χ3n) is 7.64. The maximum absolute atomic E-state index is 14.4. The van der Waals surface area contributed by atoms with Crippen LogP contribution in [0.5, 0.6) is 5.75 Å². The number of aliphatic hydroxyl groups excluding tert-OH is 1. The van der Waals surface area contributed by atoms with Gasteiger partial charge in [-0.1, -0.05) is 83.4 Å². The first-order valence-electron chi connectivity index (χ1n) is 15.0. The van der Waals surface area contributed by atoms with Gasteiger partial charge in [-0.2, -0.15) is 0 Å². The smallest absolute Gasteiger partial charge is 0.266 e. The number of carbonyl (C=O) groups excluding carboxylic acids is 1. The van der Waals surface area contributed by atoms with Crippen LogP contribution in [0.15, 0.2) is 113 Å². The van der Waals surface area contributed by atoms with Gasteiger partial charge in [0.1, 0.15) is 5.75 Å². The zero-order valence-electron chi connectivity index (χ0n) is 25.2. The Morgan fingerprint density at radius 1 is 1.00 bits per heavy atom. The molecular formula is C35H35ClN6O4. The average molecular weight is 639 g/mol. The van der Waals surface area contributed by atoms with Crippen LogP contribution in [0, 0.1) is 0 Å². The minimum Gasteiger partial charge on any atom is -0.494 e. The SMILES string of the molecule is [N-]=[N+]=NCc1ccccc1[C@@H]1OC(c2ccc(OCCCO)cc2)=N[C@]1(Cc1ccccc1)C(=O)NNCCc1ccc(Cl)cc1. The number of nitrogens with one attached hydrogen (secondary N) is 2. The summed E-state index contributed by atoms with van der Waals surface area (Å²) in [5.41, 5.74) is 17.7. The molecule has 0 radical (unpaired) electrons. The molecule has 0 unspecified atom stereocenters. The number of azide groups is 1.